The SMILES string of the molecule is O=C(Cc1cncc2ccccc12)N(Cc1cc(F)cc(Cl)c1)c1ccc(-c2cnc[nH]2)cn1. The molecular weight excluding hydrogens is 453 g/mol. The van der Waals surface area contributed by atoms with Gasteiger partial charge >= 0.3 is 0 Å². The van der Waals surface area contributed by atoms with Gasteiger partial charge in [-0.05, 0) is 46.8 Å². The number of halogens is 2. The van der Waals surface area contributed by atoms with E-state index in [0.717, 1.165) is 27.6 Å². The van der Waals surface area contributed by atoms with Crippen LogP contribution in [0.5, 0.6) is 0 Å². The summed E-state index contributed by atoms with van der Waals surface area (Å²) in [5.41, 5.74) is 3.02. The van der Waals surface area contributed by atoms with Crippen molar-refractivity contribution in [3.05, 3.63) is 108 Å². The van der Waals surface area contributed by atoms with Gasteiger partial charge in [0.25, 0.3) is 0 Å². The van der Waals surface area contributed by atoms with Crippen LogP contribution in [-0.4, -0.2) is 25.8 Å². The summed E-state index contributed by atoms with van der Waals surface area (Å²) in [6.07, 6.45) is 8.53. The molecule has 0 spiro atoms. The number of aromatic nitrogens is 4. The molecule has 8 heteroatoms. The van der Waals surface area contributed by atoms with E-state index in [1.807, 2.05) is 30.3 Å². The van der Waals surface area contributed by atoms with Crippen LogP contribution in [0.2, 0.25) is 5.02 Å². The molecule has 0 aliphatic carbocycles. The lowest BCUT2D eigenvalue weighted by atomic mass is 10.0. The highest BCUT2D eigenvalue weighted by atomic mass is 35.5. The van der Waals surface area contributed by atoms with Gasteiger partial charge in [0.2, 0.25) is 5.91 Å². The summed E-state index contributed by atoms with van der Waals surface area (Å²) in [5.74, 6) is -0.210. The lowest BCUT2D eigenvalue weighted by Gasteiger charge is -2.23. The maximum absolute atomic E-state index is 14.0. The van der Waals surface area contributed by atoms with E-state index in [2.05, 4.69) is 19.9 Å². The normalized spacial score (nSPS) is 11.0. The third kappa shape index (κ3) is 4.65. The summed E-state index contributed by atoms with van der Waals surface area (Å²) in [5, 5.41) is 2.18. The highest BCUT2D eigenvalue weighted by Crippen LogP contribution is 2.24. The summed E-state index contributed by atoms with van der Waals surface area (Å²) in [6.45, 7) is 0.116. The van der Waals surface area contributed by atoms with Crippen molar-refractivity contribution in [1.82, 2.24) is 19.9 Å². The number of imidazole rings is 1. The molecule has 0 fully saturated rings. The molecular formula is C26H19ClFN5O. The number of nitrogens with zero attached hydrogens (tertiary/aromatic N) is 4. The molecule has 5 rings (SSSR count). The van der Waals surface area contributed by atoms with Crippen molar-refractivity contribution in [1.29, 1.82) is 0 Å². The second-order valence-corrected chi connectivity index (χ2v) is 8.26. The van der Waals surface area contributed by atoms with Crippen LogP contribution in [0.25, 0.3) is 22.0 Å². The molecule has 0 aliphatic rings. The first kappa shape index (κ1) is 21.7. The number of carbonyl (C=O) groups excluding carboxylic acids is 1. The number of fused-ring (bicyclic) bond motifs is 1. The van der Waals surface area contributed by atoms with Gasteiger partial charge in [0.05, 0.1) is 31.2 Å². The standard InChI is InChI=1S/C26H19ClFN5O/c27-21-7-17(8-22(28)10-21)15-33(25-6-5-19(13-31-25)24-14-30-16-32-24)26(34)9-20-12-29-11-18-3-1-2-4-23(18)20/h1-8,10-14,16H,9,15H2,(H,30,32). The Bertz CT molecular complexity index is 1430. The summed E-state index contributed by atoms with van der Waals surface area (Å²) in [4.78, 5) is 30.9. The Morgan fingerprint density at radius 1 is 1.00 bits per heavy atom. The number of benzene rings is 2. The third-order valence-electron chi connectivity index (χ3n) is 5.49. The Morgan fingerprint density at radius 2 is 1.88 bits per heavy atom. The van der Waals surface area contributed by atoms with Crippen molar-refractivity contribution in [3.63, 3.8) is 0 Å². The molecule has 6 nitrogen and oxygen atoms in total. The zero-order valence-corrected chi connectivity index (χ0v) is 18.7. The molecule has 3 aromatic heterocycles. The van der Waals surface area contributed by atoms with Crippen LogP contribution in [0.3, 0.4) is 0 Å². The van der Waals surface area contributed by atoms with Crippen molar-refractivity contribution >= 4 is 34.1 Å². The van der Waals surface area contributed by atoms with E-state index in [1.54, 1.807) is 43.2 Å². The first-order chi connectivity index (χ1) is 16.6. The summed E-state index contributed by atoms with van der Waals surface area (Å²) >= 11 is 6.06. The predicted molar refractivity (Wildman–Crippen MR) is 130 cm³/mol. The Kier molecular flexibility index (Phi) is 6.01. The molecule has 0 bridgehead atoms. The van der Waals surface area contributed by atoms with Gasteiger partial charge in [-0.3, -0.25) is 14.7 Å². The fraction of sp³-hybridized carbons (Fsp3) is 0.0769. The van der Waals surface area contributed by atoms with Gasteiger partial charge in [0, 0.05) is 34.6 Å². The number of amides is 1. The smallest absolute Gasteiger partial charge is 0.232 e. The van der Waals surface area contributed by atoms with Crippen LogP contribution < -0.4 is 4.90 Å². The average Bonchev–Trinajstić information content (AvgIpc) is 3.37. The van der Waals surface area contributed by atoms with Crippen LogP contribution in [0.1, 0.15) is 11.1 Å². The van der Waals surface area contributed by atoms with Gasteiger partial charge in [-0.1, -0.05) is 35.9 Å². The lowest BCUT2D eigenvalue weighted by molar-refractivity contribution is -0.118. The molecule has 0 saturated carbocycles. The molecule has 0 unspecified atom stereocenters. The van der Waals surface area contributed by atoms with E-state index in [4.69, 9.17) is 11.6 Å². The molecule has 0 atom stereocenters. The van der Waals surface area contributed by atoms with Gasteiger partial charge in [0.1, 0.15) is 11.6 Å². The zero-order valence-electron chi connectivity index (χ0n) is 18.0. The number of aromatic amines is 1. The van der Waals surface area contributed by atoms with Crippen LogP contribution in [0.4, 0.5) is 10.2 Å². The van der Waals surface area contributed by atoms with Gasteiger partial charge in [0.15, 0.2) is 0 Å². The monoisotopic (exact) mass is 471 g/mol. The third-order valence-corrected chi connectivity index (χ3v) is 5.71. The van der Waals surface area contributed by atoms with Crippen LogP contribution in [0.15, 0.2) is 85.7 Å². The summed E-state index contributed by atoms with van der Waals surface area (Å²) in [7, 11) is 0. The quantitative estimate of drug-likeness (QED) is 0.350. The first-order valence-electron chi connectivity index (χ1n) is 10.6. The largest absolute Gasteiger partial charge is 0.345 e. The Morgan fingerprint density at radius 3 is 2.65 bits per heavy atom. The Hall–Kier alpha value is -4.10. The molecule has 0 saturated heterocycles. The number of rotatable bonds is 6. The number of anilines is 1. The summed E-state index contributed by atoms with van der Waals surface area (Å²) in [6, 6.07) is 15.6. The van der Waals surface area contributed by atoms with Gasteiger partial charge in [-0.2, -0.15) is 0 Å². The highest BCUT2D eigenvalue weighted by Gasteiger charge is 2.20. The first-order valence-corrected chi connectivity index (χ1v) is 11.0. The fourth-order valence-corrected chi connectivity index (χ4v) is 4.12. The van der Waals surface area contributed by atoms with Crippen molar-refractivity contribution < 1.29 is 9.18 Å². The van der Waals surface area contributed by atoms with E-state index in [9.17, 15) is 9.18 Å². The van der Waals surface area contributed by atoms with Crippen LogP contribution in [0, 0.1) is 5.82 Å². The molecule has 3 heterocycles. The van der Waals surface area contributed by atoms with E-state index >= 15 is 0 Å². The second-order valence-electron chi connectivity index (χ2n) is 7.82. The van der Waals surface area contributed by atoms with E-state index < -0.39 is 5.82 Å². The Balaban J connectivity index is 1.49. The highest BCUT2D eigenvalue weighted by molar-refractivity contribution is 6.30. The lowest BCUT2D eigenvalue weighted by Crippen LogP contribution is -2.32. The van der Waals surface area contributed by atoms with E-state index in [-0.39, 0.29) is 23.9 Å². The van der Waals surface area contributed by atoms with Crippen molar-refractivity contribution in [3.8, 4) is 11.3 Å². The maximum atomic E-state index is 14.0. The fourth-order valence-electron chi connectivity index (χ4n) is 3.88. The summed E-state index contributed by atoms with van der Waals surface area (Å²) < 4.78 is 14.0. The van der Waals surface area contributed by atoms with Crippen molar-refractivity contribution in [2.75, 3.05) is 4.90 Å². The molecule has 1 amide bonds. The maximum Gasteiger partial charge on any atom is 0.232 e. The van der Waals surface area contributed by atoms with Gasteiger partial charge < -0.3 is 4.98 Å². The number of carbonyl (C=O) groups is 1. The molecule has 5 aromatic rings. The average molecular weight is 472 g/mol. The molecule has 34 heavy (non-hydrogen) atoms. The minimum atomic E-state index is -0.462. The number of hydrogen-bond acceptors (Lipinski definition) is 4. The minimum absolute atomic E-state index is 0.112. The van der Waals surface area contributed by atoms with Crippen molar-refractivity contribution in [2.24, 2.45) is 0 Å². The molecule has 2 aromatic carbocycles. The number of hydrogen-bond donors (Lipinski definition) is 1. The van der Waals surface area contributed by atoms with Crippen LogP contribution in [-0.2, 0) is 17.8 Å². The second kappa shape index (κ2) is 9.41. The topological polar surface area (TPSA) is 74.8 Å². The Labute approximate surface area is 200 Å². The molecule has 0 aliphatic heterocycles. The number of nitrogens with one attached hydrogen (secondary N) is 1. The minimum Gasteiger partial charge on any atom is -0.345 e. The molecule has 168 valence electrons. The van der Waals surface area contributed by atoms with E-state index in [0.29, 0.717) is 11.4 Å². The van der Waals surface area contributed by atoms with Crippen molar-refractivity contribution in [2.45, 2.75) is 13.0 Å². The zero-order chi connectivity index (χ0) is 23.5. The van der Waals surface area contributed by atoms with Gasteiger partial charge in [-0.15, -0.1) is 0 Å². The number of pyridine rings is 2. The number of H-pyrrole nitrogens is 1. The predicted octanol–water partition coefficient (Wildman–Crippen LogP) is 5.59. The molecule has 0 radical (unpaired) electrons. The van der Waals surface area contributed by atoms with Gasteiger partial charge in [-0.25, -0.2) is 14.4 Å². The molecule has 1 N–H and O–H groups in total. The van der Waals surface area contributed by atoms with E-state index in [1.165, 1.54) is 17.0 Å². The van der Waals surface area contributed by atoms with Crippen LogP contribution >= 0.6 is 11.6 Å².